The van der Waals surface area contributed by atoms with Crippen molar-refractivity contribution in [1.29, 1.82) is 0 Å². The Hall–Kier alpha value is -2.60. The van der Waals surface area contributed by atoms with E-state index in [1.54, 1.807) is 0 Å². The van der Waals surface area contributed by atoms with Crippen LogP contribution in [0.1, 0.15) is 27.4 Å². The molecule has 0 spiro atoms. The first-order chi connectivity index (χ1) is 13.0. The van der Waals surface area contributed by atoms with Crippen LogP contribution in [0.2, 0.25) is 0 Å². The molecule has 0 bridgehead atoms. The van der Waals surface area contributed by atoms with Crippen molar-refractivity contribution in [2.75, 3.05) is 16.8 Å². The number of aryl methyl sites for hydroxylation is 2. The molecule has 3 aromatic rings. The average Bonchev–Trinajstić information content (AvgIpc) is 3.21. The predicted molar refractivity (Wildman–Crippen MR) is 111 cm³/mol. The topological polar surface area (TPSA) is 50.2 Å². The standard InChI is InChI=1S/C21H24N4OS/c1-14-17(15(2)24(3)23-14)12-21(26)22-18-6-4-5-7-19(18)25-10-8-20-16(13-25)9-11-27-20/h4-7,9,11H,8,10,12-13H2,1-3H3,(H,22,26). The van der Waals surface area contributed by atoms with E-state index in [0.29, 0.717) is 6.42 Å². The zero-order valence-corrected chi connectivity index (χ0v) is 16.8. The van der Waals surface area contributed by atoms with Gasteiger partial charge in [-0.05, 0) is 49.4 Å². The molecular formula is C21H24N4OS. The number of carbonyl (C=O) groups is 1. The van der Waals surface area contributed by atoms with Crippen LogP contribution in [0, 0.1) is 13.8 Å². The monoisotopic (exact) mass is 380 g/mol. The van der Waals surface area contributed by atoms with Crippen molar-refractivity contribution in [2.45, 2.75) is 33.2 Å². The van der Waals surface area contributed by atoms with Gasteiger partial charge in [-0.2, -0.15) is 5.10 Å². The van der Waals surface area contributed by atoms with E-state index in [0.717, 1.165) is 47.8 Å². The Morgan fingerprint density at radius 3 is 2.85 bits per heavy atom. The van der Waals surface area contributed by atoms with Gasteiger partial charge in [0, 0.05) is 36.3 Å². The Morgan fingerprint density at radius 1 is 1.26 bits per heavy atom. The van der Waals surface area contributed by atoms with Gasteiger partial charge < -0.3 is 10.2 Å². The highest BCUT2D eigenvalue weighted by molar-refractivity contribution is 7.10. The number of anilines is 2. The van der Waals surface area contributed by atoms with E-state index in [1.165, 1.54) is 10.4 Å². The summed E-state index contributed by atoms with van der Waals surface area (Å²) in [6, 6.07) is 10.3. The van der Waals surface area contributed by atoms with Gasteiger partial charge in [0.15, 0.2) is 0 Å². The van der Waals surface area contributed by atoms with Crippen LogP contribution in [-0.2, 0) is 31.2 Å². The zero-order chi connectivity index (χ0) is 19.0. The molecule has 5 nitrogen and oxygen atoms in total. The summed E-state index contributed by atoms with van der Waals surface area (Å²) in [5, 5.41) is 9.70. The van der Waals surface area contributed by atoms with Crippen molar-refractivity contribution in [3.05, 3.63) is 63.1 Å². The number of nitrogens with one attached hydrogen (secondary N) is 1. The lowest BCUT2D eigenvalue weighted by Crippen LogP contribution is -2.30. The normalized spacial score (nSPS) is 13.5. The number of rotatable bonds is 4. The lowest BCUT2D eigenvalue weighted by molar-refractivity contribution is -0.115. The second-order valence-corrected chi connectivity index (χ2v) is 8.06. The molecule has 0 unspecified atom stereocenters. The number of carbonyl (C=O) groups excluding carboxylic acids is 1. The number of hydrogen-bond donors (Lipinski definition) is 1. The molecule has 1 aromatic carbocycles. The second-order valence-electron chi connectivity index (χ2n) is 7.06. The maximum Gasteiger partial charge on any atom is 0.228 e. The van der Waals surface area contributed by atoms with Gasteiger partial charge in [-0.25, -0.2) is 0 Å². The van der Waals surface area contributed by atoms with Crippen LogP contribution >= 0.6 is 11.3 Å². The number of amides is 1. The average molecular weight is 381 g/mol. The Labute approximate surface area is 163 Å². The van der Waals surface area contributed by atoms with Gasteiger partial charge in [0.25, 0.3) is 0 Å². The highest BCUT2D eigenvalue weighted by atomic mass is 32.1. The number of thiophene rings is 1. The van der Waals surface area contributed by atoms with Crippen LogP contribution in [0.25, 0.3) is 0 Å². The lowest BCUT2D eigenvalue weighted by Gasteiger charge is -2.30. The van der Waals surface area contributed by atoms with Crippen LogP contribution < -0.4 is 10.2 Å². The van der Waals surface area contributed by atoms with Crippen molar-refractivity contribution in [1.82, 2.24) is 9.78 Å². The molecule has 0 aliphatic carbocycles. The SMILES string of the molecule is Cc1nn(C)c(C)c1CC(=O)Nc1ccccc1N1CCc2sccc2C1. The molecule has 140 valence electrons. The van der Waals surface area contributed by atoms with E-state index in [9.17, 15) is 4.79 Å². The van der Waals surface area contributed by atoms with Crippen molar-refractivity contribution in [2.24, 2.45) is 7.05 Å². The first kappa shape index (κ1) is 17.8. The lowest BCUT2D eigenvalue weighted by atomic mass is 10.1. The quantitative estimate of drug-likeness (QED) is 0.748. The van der Waals surface area contributed by atoms with Crippen molar-refractivity contribution in [3.63, 3.8) is 0 Å². The zero-order valence-electron chi connectivity index (χ0n) is 16.0. The first-order valence-corrected chi connectivity index (χ1v) is 10.1. The Balaban J connectivity index is 1.52. The van der Waals surface area contributed by atoms with Crippen molar-refractivity contribution >= 4 is 28.6 Å². The molecule has 0 atom stereocenters. The molecule has 6 heteroatoms. The summed E-state index contributed by atoms with van der Waals surface area (Å²) in [5.74, 6) is -0.00474. The molecule has 0 radical (unpaired) electrons. The third-order valence-corrected chi connectivity index (χ3v) is 6.35. The van der Waals surface area contributed by atoms with E-state index in [-0.39, 0.29) is 5.91 Å². The summed E-state index contributed by atoms with van der Waals surface area (Å²) in [6.45, 7) is 5.83. The highest BCUT2D eigenvalue weighted by Crippen LogP contribution is 2.32. The number of aromatic nitrogens is 2. The minimum Gasteiger partial charge on any atom is -0.365 e. The summed E-state index contributed by atoms with van der Waals surface area (Å²) in [6.07, 6.45) is 1.40. The van der Waals surface area contributed by atoms with Gasteiger partial charge in [0.2, 0.25) is 5.91 Å². The maximum absolute atomic E-state index is 12.7. The molecule has 2 aromatic heterocycles. The molecular weight excluding hydrogens is 356 g/mol. The molecule has 0 saturated heterocycles. The smallest absolute Gasteiger partial charge is 0.228 e. The van der Waals surface area contributed by atoms with Gasteiger partial charge in [-0.1, -0.05) is 12.1 Å². The molecule has 4 rings (SSSR count). The summed E-state index contributed by atoms with van der Waals surface area (Å²) >= 11 is 1.84. The fraction of sp³-hybridized carbons (Fsp3) is 0.333. The third kappa shape index (κ3) is 3.49. The van der Waals surface area contributed by atoms with Crippen LogP contribution in [0.3, 0.4) is 0 Å². The largest absolute Gasteiger partial charge is 0.365 e. The molecule has 27 heavy (non-hydrogen) atoms. The van der Waals surface area contributed by atoms with Crippen LogP contribution in [0.15, 0.2) is 35.7 Å². The van der Waals surface area contributed by atoms with Gasteiger partial charge >= 0.3 is 0 Å². The maximum atomic E-state index is 12.7. The predicted octanol–water partition coefficient (Wildman–Crippen LogP) is 3.84. The molecule has 1 amide bonds. The summed E-state index contributed by atoms with van der Waals surface area (Å²) < 4.78 is 1.83. The Kier molecular flexibility index (Phi) is 4.74. The summed E-state index contributed by atoms with van der Waals surface area (Å²) in [7, 11) is 1.91. The number of hydrogen-bond acceptors (Lipinski definition) is 4. The van der Waals surface area contributed by atoms with Crippen LogP contribution in [-0.4, -0.2) is 22.2 Å². The highest BCUT2D eigenvalue weighted by Gasteiger charge is 2.20. The van der Waals surface area contributed by atoms with E-state index in [2.05, 4.69) is 32.8 Å². The minimum absolute atomic E-state index is 0.00474. The molecule has 0 fully saturated rings. The number of para-hydroxylation sites is 2. The fourth-order valence-electron chi connectivity index (χ4n) is 3.74. The molecule has 1 aliphatic heterocycles. The first-order valence-electron chi connectivity index (χ1n) is 9.21. The molecule has 3 heterocycles. The second kappa shape index (κ2) is 7.19. The van der Waals surface area contributed by atoms with Gasteiger partial charge in [-0.15, -0.1) is 11.3 Å². The summed E-state index contributed by atoms with van der Waals surface area (Å²) in [4.78, 5) is 16.6. The van der Waals surface area contributed by atoms with Gasteiger partial charge in [-0.3, -0.25) is 9.48 Å². The fourth-order valence-corrected chi connectivity index (χ4v) is 4.63. The number of nitrogens with zero attached hydrogens (tertiary/aromatic N) is 3. The number of fused-ring (bicyclic) bond motifs is 1. The van der Waals surface area contributed by atoms with Crippen LogP contribution in [0.4, 0.5) is 11.4 Å². The van der Waals surface area contributed by atoms with Crippen molar-refractivity contribution in [3.8, 4) is 0 Å². The van der Waals surface area contributed by atoms with Gasteiger partial charge in [0.1, 0.15) is 0 Å². The van der Waals surface area contributed by atoms with E-state index < -0.39 is 0 Å². The van der Waals surface area contributed by atoms with E-state index >= 15 is 0 Å². The Morgan fingerprint density at radius 2 is 2.07 bits per heavy atom. The number of benzene rings is 1. The van der Waals surface area contributed by atoms with Crippen molar-refractivity contribution < 1.29 is 4.79 Å². The van der Waals surface area contributed by atoms with E-state index in [4.69, 9.17) is 0 Å². The minimum atomic E-state index is -0.00474. The molecule has 1 N–H and O–H groups in total. The summed E-state index contributed by atoms with van der Waals surface area (Å²) in [5.41, 5.74) is 6.32. The Bertz CT molecular complexity index is 988. The molecule has 1 aliphatic rings. The van der Waals surface area contributed by atoms with E-state index in [1.807, 2.05) is 55.1 Å². The van der Waals surface area contributed by atoms with Crippen LogP contribution in [0.5, 0.6) is 0 Å². The molecule has 0 saturated carbocycles. The van der Waals surface area contributed by atoms with Gasteiger partial charge in [0.05, 0.1) is 23.5 Å². The third-order valence-electron chi connectivity index (χ3n) is 5.32.